The van der Waals surface area contributed by atoms with Crippen molar-refractivity contribution in [3.63, 3.8) is 0 Å². The summed E-state index contributed by atoms with van der Waals surface area (Å²) < 4.78 is 44.8. The molecular formula is C23H21FN2O4S2. The number of aryl methyl sites for hydroxylation is 2. The highest BCUT2D eigenvalue weighted by atomic mass is 32.2. The van der Waals surface area contributed by atoms with E-state index in [4.69, 9.17) is 4.42 Å². The number of sulfone groups is 1. The number of furan rings is 1. The van der Waals surface area contributed by atoms with Crippen molar-refractivity contribution >= 4 is 42.4 Å². The van der Waals surface area contributed by atoms with Crippen LogP contribution in [0.15, 0.2) is 64.1 Å². The van der Waals surface area contributed by atoms with Crippen molar-refractivity contribution in [1.82, 2.24) is 4.98 Å². The predicted molar refractivity (Wildman–Crippen MR) is 122 cm³/mol. The van der Waals surface area contributed by atoms with E-state index in [9.17, 15) is 17.6 Å². The van der Waals surface area contributed by atoms with Crippen molar-refractivity contribution in [3.8, 4) is 0 Å². The first-order chi connectivity index (χ1) is 15.2. The molecule has 0 fully saturated rings. The maximum atomic E-state index is 13.2. The number of anilines is 1. The Hall–Kier alpha value is -3.04. The monoisotopic (exact) mass is 472 g/mol. The Morgan fingerprint density at radius 2 is 1.91 bits per heavy atom. The maximum absolute atomic E-state index is 13.2. The van der Waals surface area contributed by atoms with Crippen LogP contribution in [0.25, 0.3) is 10.2 Å². The summed E-state index contributed by atoms with van der Waals surface area (Å²) in [6.45, 7) is 4.11. The third kappa shape index (κ3) is 4.73. The largest absolute Gasteiger partial charge is 0.467 e. The van der Waals surface area contributed by atoms with Gasteiger partial charge in [-0.2, -0.15) is 0 Å². The molecular weight excluding hydrogens is 451 g/mol. The van der Waals surface area contributed by atoms with Gasteiger partial charge in [-0.3, -0.25) is 9.69 Å². The van der Waals surface area contributed by atoms with Crippen LogP contribution in [0.3, 0.4) is 0 Å². The first-order valence-electron chi connectivity index (χ1n) is 9.92. The first kappa shape index (κ1) is 22.2. The Labute approximate surface area is 189 Å². The van der Waals surface area contributed by atoms with Gasteiger partial charge in [-0.1, -0.05) is 17.4 Å². The lowest BCUT2D eigenvalue weighted by molar-refractivity contribution is -0.118. The topological polar surface area (TPSA) is 80.5 Å². The molecule has 166 valence electrons. The fraction of sp³-hybridized carbons (Fsp3) is 0.217. The molecule has 4 aromatic rings. The van der Waals surface area contributed by atoms with E-state index in [0.717, 1.165) is 33.5 Å². The summed E-state index contributed by atoms with van der Waals surface area (Å²) >= 11 is 1.38. The highest BCUT2D eigenvalue weighted by molar-refractivity contribution is 7.91. The van der Waals surface area contributed by atoms with Crippen LogP contribution in [-0.4, -0.2) is 25.1 Å². The molecule has 0 aliphatic carbocycles. The number of benzene rings is 2. The van der Waals surface area contributed by atoms with Gasteiger partial charge in [0.2, 0.25) is 5.91 Å². The molecule has 0 atom stereocenters. The molecule has 0 aliphatic rings. The van der Waals surface area contributed by atoms with Gasteiger partial charge in [-0.05, 0) is 67.4 Å². The molecule has 6 nitrogen and oxygen atoms in total. The number of nitrogens with zero attached hydrogens (tertiary/aromatic N) is 2. The lowest BCUT2D eigenvalue weighted by atomic mass is 10.1. The molecule has 2 aromatic carbocycles. The number of halogens is 1. The summed E-state index contributed by atoms with van der Waals surface area (Å²) in [6.07, 6.45) is 1.27. The summed E-state index contributed by atoms with van der Waals surface area (Å²) in [6, 6.07) is 12.1. The number of thiazole rings is 1. The Morgan fingerprint density at radius 3 is 2.59 bits per heavy atom. The van der Waals surface area contributed by atoms with Crippen molar-refractivity contribution in [2.45, 2.75) is 31.7 Å². The second kappa shape index (κ2) is 8.84. The highest BCUT2D eigenvalue weighted by Gasteiger charge is 2.24. The molecule has 0 saturated heterocycles. The van der Waals surface area contributed by atoms with E-state index < -0.39 is 21.4 Å². The fourth-order valence-corrected chi connectivity index (χ4v) is 5.68. The average molecular weight is 473 g/mol. The summed E-state index contributed by atoms with van der Waals surface area (Å²) in [5.74, 6) is -0.742. The van der Waals surface area contributed by atoms with E-state index in [1.807, 2.05) is 19.9 Å². The minimum atomic E-state index is -3.74. The second-order valence-electron chi connectivity index (χ2n) is 7.51. The third-order valence-electron chi connectivity index (χ3n) is 4.99. The van der Waals surface area contributed by atoms with Gasteiger partial charge in [0, 0.05) is 6.42 Å². The Kier molecular flexibility index (Phi) is 6.12. The number of fused-ring (bicyclic) bond motifs is 1. The molecule has 0 N–H and O–H groups in total. The third-order valence-corrected chi connectivity index (χ3v) is 7.95. The molecule has 0 aliphatic heterocycles. The van der Waals surface area contributed by atoms with E-state index >= 15 is 0 Å². The summed E-state index contributed by atoms with van der Waals surface area (Å²) in [5, 5.41) is 0.481. The molecule has 0 saturated carbocycles. The van der Waals surface area contributed by atoms with Gasteiger partial charge in [0.05, 0.1) is 33.7 Å². The second-order valence-corrected chi connectivity index (χ2v) is 10.6. The summed E-state index contributed by atoms with van der Waals surface area (Å²) in [5.41, 5.74) is 2.92. The number of rotatable bonds is 7. The smallest absolute Gasteiger partial charge is 0.230 e. The number of hydrogen-bond acceptors (Lipinski definition) is 6. The molecule has 0 spiro atoms. The van der Waals surface area contributed by atoms with E-state index in [1.54, 1.807) is 12.1 Å². The van der Waals surface area contributed by atoms with Crippen LogP contribution in [0.1, 0.15) is 23.3 Å². The zero-order valence-electron chi connectivity index (χ0n) is 17.5. The van der Waals surface area contributed by atoms with Crippen LogP contribution in [0, 0.1) is 19.7 Å². The van der Waals surface area contributed by atoms with Crippen molar-refractivity contribution in [2.75, 3.05) is 10.7 Å². The van der Waals surface area contributed by atoms with Crippen LogP contribution in [0.2, 0.25) is 0 Å². The Bertz CT molecular complexity index is 1360. The van der Waals surface area contributed by atoms with E-state index in [1.165, 1.54) is 34.6 Å². The molecule has 1 amide bonds. The van der Waals surface area contributed by atoms with Crippen molar-refractivity contribution in [3.05, 3.63) is 77.5 Å². The van der Waals surface area contributed by atoms with Gasteiger partial charge < -0.3 is 4.42 Å². The lowest BCUT2D eigenvalue weighted by Crippen LogP contribution is -2.31. The molecule has 0 radical (unpaired) electrons. The number of aromatic nitrogens is 1. The number of amides is 1. The number of carbonyl (C=O) groups excluding carboxylic acids is 1. The SMILES string of the molecule is Cc1cc(C)c2sc(N(Cc3ccco3)C(=O)CCS(=O)(=O)c3ccc(F)cc3)nc2c1. The van der Waals surface area contributed by atoms with Gasteiger partial charge in [0.15, 0.2) is 15.0 Å². The summed E-state index contributed by atoms with van der Waals surface area (Å²) in [4.78, 5) is 19.2. The van der Waals surface area contributed by atoms with Crippen LogP contribution in [0.4, 0.5) is 9.52 Å². The van der Waals surface area contributed by atoms with Crippen LogP contribution in [-0.2, 0) is 21.2 Å². The molecule has 0 bridgehead atoms. The molecule has 2 aromatic heterocycles. The highest BCUT2D eigenvalue weighted by Crippen LogP contribution is 2.33. The van der Waals surface area contributed by atoms with Crippen LogP contribution >= 0.6 is 11.3 Å². The van der Waals surface area contributed by atoms with Gasteiger partial charge in [-0.15, -0.1) is 0 Å². The van der Waals surface area contributed by atoms with Gasteiger partial charge in [0.1, 0.15) is 11.6 Å². The van der Waals surface area contributed by atoms with E-state index in [0.29, 0.717) is 10.9 Å². The van der Waals surface area contributed by atoms with Crippen molar-refractivity contribution in [1.29, 1.82) is 0 Å². The van der Waals surface area contributed by atoms with E-state index in [2.05, 4.69) is 11.1 Å². The quantitative estimate of drug-likeness (QED) is 0.352. The number of carbonyl (C=O) groups is 1. The summed E-state index contributed by atoms with van der Waals surface area (Å²) in [7, 11) is -3.74. The predicted octanol–water partition coefficient (Wildman–Crippen LogP) is 5.04. The zero-order valence-corrected chi connectivity index (χ0v) is 19.2. The Morgan fingerprint density at radius 1 is 1.16 bits per heavy atom. The fourth-order valence-electron chi connectivity index (χ4n) is 3.42. The molecule has 4 rings (SSSR count). The Balaban J connectivity index is 1.61. The minimum absolute atomic E-state index is 0.0182. The number of hydrogen-bond donors (Lipinski definition) is 0. The minimum Gasteiger partial charge on any atom is -0.467 e. The van der Waals surface area contributed by atoms with Gasteiger partial charge >= 0.3 is 0 Å². The molecule has 32 heavy (non-hydrogen) atoms. The average Bonchev–Trinajstić information content (AvgIpc) is 3.40. The standard InChI is InChI=1S/C23H21FN2O4S2/c1-15-12-16(2)22-20(13-15)25-23(31-22)26(14-18-4-3-10-30-18)21(27)9-11-32(28,29)19-7-5-17(24)6-8-19/h3-8,10,12-13H,9,11,14H2,1-2H3. The molecule has 9 heteroatoms. The van der Waals surface area contributed by atoms with E-state index in [-0.39, 0.29) is 23.8 Å². The zero-order chi connectivity index (χ0) is 22.9. The normalized spacial score (nSPS) is 11.7. The maximum Gasteiger partial charge on any atom is 0.230 e. The lowest BCUT2D eigenvalue weighted by Gasteiger charge is -2.18. The molecule has 0 unspecified atom stereocenters. The van der Waals surface area contributed by atoms with Gasteiger partial charge in [-0.25, -0.2) is 17.8 Å². The first-order valence-corrected chi connectivity index (χ1v) is 12.4. The molecule has 2 heterocycles. The van der Waals surface area contributed by atoms with Crippen molar-refractivity contribution < 1.29 is 22.0 Å². The van der Waals surface area contributed by atoms with Gasteiger partial charge in [0.25, 0.3) is 0 Å². The van der Waals surface area contributed by atoms with Crippen molar-refractivity contribution in [2.24, 2.45) is 0 Å². The van der Waals surface area contributed by atoms with Crippen LogP contribution < -0.4 is 4.90 Å². The van der Waals surface area contributed by atoms with Crippen LogP contribution in [0.5, 0.6) is 0 Å².